The molecule has 3 aliphatic rings. The van der Waals surface area contributed by atoms with Gasteiger partial charge in [-0.2, -0.15) is 0 Å². The average molecular weight is 386 g/mol. The standard InChI is InChI=1S/C21H26N2O5/c24-19(12-7-9-16(10-8-12)28-15-3-1-2-4-15)22-23-20(25)17-13-5-6-14(11-13)18(17)21(26)27/h7-10,13-15,17-18H,1-6,11H2,(H,22,24)(H,23,25)(H,26,27)/t13-,14-,17+,18+/m0/s1. The third-order valence-electron chi connectivity index (χ3n) is 6.52. The molecule has 2 bridgehead atoms. The topological polar surface area (TPSA) is 105 Å². The number of carbonyl (C=O) groups is 3. The van der Waals surface area contributed by atoms with E-state index in [1.165, 1.54) is 12.8 Å². The van der Waals surface area contributed by atoms with E-state index in [0.717, 1.165) is 37.9 Å². The molecule has 4 rings (SSSR count). The maximum atomic E-state index is 12.5. The van der Waals surface area contributed by atoms with Gasteiger partial charge in [-0.1, -0.05) is 0 Å². The predicted octanol–water partition coefficient (Wildman–Crippen LogP) is 2.52. The Bertz CT molecular complexity index is 757. The van der Waals surface area contributed by atoms with Gasteiger partial charge in [0, 0.05) is 5.56 Å². The molecule has 150 valence electrons. The van der Waals surface area contributed by atoms with Crippen LogP contribution in [-0.2, 0) is 9.59 Å². The van der Waals surface area contributed by atoms with Crippen LogP contribution in [0.3, 0.4) is 0 Å². The van der Waals surface area contributed by atoms with E-state index in [1.54, 1.807) is 24.3 Å². The van der Waals surface area contributed by atoms with Crippen LogP contribution >= 0.6 is 0 Å². The second-order valence-corrected chi connectivity index (χ2v) is 8.22. The van der Waals surface area contributed by atoms with Crippen molar-refractivity contribution in [1.29, 1.82) is 0 Å². The molecule has 3 saturated carbocycles. The van der Waals surface area contributed by atoms with Crippen molar-refractivity contribution in [2.75, 3.05) is 0 Å². The fourth-order valence-corrected chi connectivity index (χ4v) is 5.18. The normalized spacial score (nSPS) is 28.9. The molecule has 1 aromatic carbocycles. The van der Waals surface area contributed by atoms with Crippen molar-refractivity contribution in [2.45, 2.75) is 51.0 Å². The molecule has 0 aromatic heterocycles. The van der Waals surface area contributed by atoms with Crippen molar-refractivity contribution >= 4 is 17.8 Å². The number of rotatable bonds is 5. The number of amides is 2. The molecular weight excluding hydrogens is 360 g/mol. The zero-order valence-electron chi connectivity index (χ0n) is 15.7. The SMILES string of the molecule is O=C(NNC(=O)[C@@H]1[C@H]2CC[C@@H](C2)[C@H]1C(=O)O)c1ccc(OC2CCCC2)cc1. The zero-order chi connectivity index (χ0) is 19.7. The summed E-state index contributed by atoms with van der Waals surface area (Å²) >= 11 is 0. The Morgan fingerprint density at radius 2 is 1.54 bits per heavy atom. The third-order valence-corrected chi connectivity index (χ3v) is 6.52. The molecule has 3 aliphatic carbocycles. The lowest BCUT2D eigenvalue weighted by Gasteiger charge is -2.27. The molecule has 2 amide bonds. The molecule has 0 heterocycles. The molecule has 0 radical (unpaired) electrons. The van der Waals surface area contributed by atoms with Crippen LogP contribution in [0.4, 0.5) is 0 Å². The van der Waals surface area contributed by atoms with E-state index < -0.39 is 29.6 Å². The van der Waals surface area contributed by atoms with Gasteiger partial charge in [-0.3, -0.25) is 25.2 Å². The number of carboxylic acids is 1. The fourth-order valence-electron chi connectivity index (χ4n) is 5.18. The number of hydrogen-bond acceptors (Lipinski definition) is 4. The van der Waals surface area contributed by atoms with Gasteiger partial charge in [0.25, 0.3) is 5.91 Å². The van der Waals surface area contributed by atoms with Gasteiger partial charge in [0.05, 0.1) is 17.9 Å². The Kier molecular flexibility index (Phi) is 5.24. The molecular formula is C21H26N2O5. The number of ether oxygens (including phenoxy) is 1. The summed E-state index contributed by atoms with van der Waals surface area (Å²) in [5.74, 6) is -2.09. The summed E-state index contributed by atoms with van der Waals surface area (Å²) in [5.41, 5.74) is 5.25. The zero-order valence-corrected chi connectivity index (χ0v) is 15.7. The van der Waals surface area contributed by atoms with Crippen LogP contribution in [-0.4, -0.2) is 29.0 Å². The van der Waals surface area contributed by atoms with Gasteiger partial charge in [-0.25, -0.2) is 0 Å². The first-order valence-corrected chi connectivity index (χ1v) is 10.1. The highest BCUT2D eigenvalue weighted by Crippen LogP contribution is 2.52. The van der Waals surface area contributed by atoms with Gasteiger partial charge in [0.2, 0.25) is 5.91 Å². The summed E-state index contributed by atoms with van der Waals surface area (Å²) in [6.07, 6.45) is 7.29. The minimum absolute atomic E-state index is 0.0707. The molecule has 28 heavy (non-hydrogen) atoms. The number of hydrogen-bond donors (Lipinski definition) is 3. The van der Waals surface area contributed by atoms with Crippen LogP contribution in [0.5, 0.6) is 5.75 Å². The van der Waals surface area contributed by atoms with Crippen molar-refractivity contribution in [3.8, 4) is 5.75 Å². The molecule has 0 saturated heterocycles. The van der Waals surface area contributed by atoms with Crippen LogP contribution in [0.1, 0.15) is 55.3 Å². The molecule has 7 nitrogen and oxygen atoms in total. The van der Waals surface area contributed by atoms with Gasteiger partial charge < -0.3 is 9.84 Å². The first-order chi connectivity index (χ1) is 13.5. The van der Waals surface area contributed by atoms with Crippen molar-refractivity contribution in [2.24, 2.45) is 23.7 Å². The Morgan fingerprint density at radius 3 is 2.18 bits per heavy atom. The Morgan fingerprint density at radius 1 is 0.893 bits per heavy atom. The first-order valence-electron chi connectivity index (χ1n) is 10.1. The Balaban J connectivity index is 1.31. The molecule has 3 fully saturated rings. The predicted molar refractivity (Wildman–Crippen MR) is 100 cm³/mol. The molecule has 1 aromatic rings. The quantitative estimate of drug-likeness (QED) is 0.675. The average Bonchev–Trinajstić information content (AvgIpc) is 3.43. The monoisotopic (exact) mass is 386 g/mol. The lowest BCUT2D eigenvalue weighted by Crippen LogP contribution is -2.48. The number of carboxylic acid groups (broad SMARTS) is 1. The van der Waals surface area contributed by atoms with Crippen molar-refractivity contribution in [3.63, 3.8) is 0 Å². The van der Waals surface area contributed by atoms with Gasteiger partial charge in [0.1, 0.15) is 5.75 Å². The van der Waals surface area contributed by atoms with Gasteiger partial charge >= 0.3 is 5.97 Å². The van der Waals surface area contributed by atoms with E-state index in [2.05, 4.69) is 10.9 Å². The van der Waals surface area contributed by atoms with Gasteiger partial charge in [-0.15, -0.1) is 0 Å². The summed E-state index contributed by atoms with van der Waals surface area (Å²) in [4.78, 5) is 36.4. The van der Waals surface area contributed by atoms with Crippen molar-refractivity contribution < 1.29 is 24.2 Å². The highest BCUT2D eigenvalue weighted by molar-refractivity contribution is 5.96. The number of carbonyl (C=O) groups excluding carboxylic acids is 2. The highest BCUT2D eigenvalue weighted by Gasteiger charge is 2.54. The van der Waals surface area contributed by atoms with E-state index in [4.69, 9.17) is 4.74 Å². The summed E-state index contributed by atoms with van der Waals surface area (Å²) in [5, 5.41) is 9.46. The van der Waals surface area contributed by atoms with Crippen LogP contribution in [0.2, 0.25) is 0 Å². The lowest BCUT2D eigenvalue weighted by molar-refractivity contribution is -0.149. The molecule has 7 heteroatoms. The number of aliphatic carboxylic acids is 1. The van der Waals surface area contributed by atoms with Gasteiger partial charge in [0.15, 0.2) is 0 Å². The lowest BCUT2D eigenvalue weighted by atomic mass is 9.79. The van der Waals surface area contributed by atoms with Crippen LogP contribution < -0.4 is 15.6 Å². The maximum absolute atomic E-state index is 12.5. The number of benzene rings is 1. The minimum Gasteiger partial charge on any atom is -0.490 e. The van der Waals surface area contributed by atoms with Crippen LogP contribution in [0.25, 0.3) is 0 Å². The van der Waals surface area contributed by atoms with E-state index in [-0.39, 0.29) is 17.9 Å². The van der Waals surface area contributed by atoms with E-state index >= 15 is 0 Å². The van der Waals surface area contributed by atoms with E-state index in [1.807, 2.05) is 0 Å². The summed E-state index contributed by atoms with van der Waals surface area (Å²) < 4.78 is 5.88. The van der Waals surface area contributed by atoms with Crippen molar-refractivity contribution in [1.82, 2.24) is 10.9 Å². The molecule has 0 spiro atoms. The molecule has 3 N–H and O–H groups in total. The van der Waals surface area contributed by atoms with Crippen LogP contribution in [0.15, 0.2) is 24.3 Å². The first kappa shape index (κ1) is 18.8. The number of fused-ring (bicyclic) bond motifs is 2. The second kappa shape index (κ2) is 7.81. The second-order valence-electron chi connectivity index (χ2n) is 8.22. The summed E-state index contributed by atoms with van der Waals surface area (Å²) in [6, 6.07) is 6.82. The van der Waals surface area contributed by atoms with Gasteiger partial charge in [-0.05, 0) is 81.0 Å². The van der Waals surface area contributed by atoms with Crippen molar-refractivity contribution in [3.05, 3.63) is 29.8 Å². The summed E-state index contributed by atoms with van der Waals surface area (Å²) in [7, 11) is 0. The third kappa shape index (κ3) is 3.70. The number of nitrogens with one attached hydrogen (secondary N) is 2. The largest absolute Gasteiger partial charge is 0.490 e. The molecule has 4 atom stereocenters. The maximum Gasteiger partial charge on any atom is 0.307 e. The van der Waals surface area contributed by atoms with Crippen LogP contribution in [0, 0.1) is 23.7 Å². The Hall–Kier alpha value is -2.57. The minimum atomic E-state index is -0.920. The van der Waals surface area contributed by atoms with E-state index in [9.17, 15) is 19.5 Å². The molecule has 0 unspecified atom stereocenters. The fraction of sp³-hybridized carbons (Fsp3) is 0.571. The molecule has 0 aliphatic heterocycles. The highest BCUT2D eigenvalue weighted by atomic mass is 16.5. The summed E-state index contributed by atoms with van der Waals surface area (Å²) in [6.45, 7) is 0. The number of hydrazine groups is 1. The smallest absolute Gasteiger partial charge is 0.307 e. The van der Waals surface area contributed by atoms with E-state index in [0.29, 0.717) is 5.56 Å². The Labute approximate surface area is 163 Å².